The first-order chi connectivity index (χ1) is 17.9. The zero-order valence-corrected chi connectivity index (χ0v) is 22.5. The topological polar surface area (TPSA) is 46.9 Å². The molecule has 37 heavy (non-hydrogen) atoms. The molecule has 4 bridgehead atoms. The number of nitrogens with zero attached hydrogens (tertiary/aromatic N) is 2. The Kier molecular flexibility index (Phi) is 6.79. The zero-order chi connectivity index (χ0) is 25.7. The number of carbonyl (C=O) groups is 1. The number of aromatic nitrogens is 2. The molecule has 1 aromatic heterocycles. The third-order valence-corrected chi connectivity index (χ3v) is 9.57. The summed E-state index contributed by atoms with van der Waals surface area (Å²) in [4.78, 5) is 13.3. The van der Waals surface area contributed by atoms with Gasteiger partial charge in [0.05, 0.1) is 16.4 Å². The summed E-state index contributed by atoms with van der Waals surface area (Å²) < 4.78 is 15.4. The van der Waals surface area contributed by atoms with Gasteiger partial charge in [-0.05, 0) is 112 Å². The van der Waals surface area contributed by atoms with Gasteiger partial charge in [-0.25, -0.2) is 9.07 Å². The van der Waals surface area contributed by atoms with Crippen LogP contribution >= 0.6 is 23.2 Å². The lowest BCUT2D eigenvalue weighted by molar-refractivity contribution is -0.0401. The molecule has 7 heteroatoms. The molecule has 0 unspecified atom stereocenters. The molecule has 4 saturated carbocycles. The van der Waals surface area contributed by atoms with Gasteiger partial charge in [-0.3, -0.25) is 4.79 Å². The first-order valence-electron chi connectivity index (χ1n) is 13.5. The predicted molar refractivity (Wildman–Crippen MR) is 146 cm³/mol. The van der Waals surface area contributed by atoms with E-state index in [0.29, 0.717) is 22.9 Å². The van der Waals surface area contributed by atoms with Crippen LogP contribution < -0.4 is 5.32 Å². The number of carbonyl (C=O) groups excluding carboxylic acids is 1. The van der Waals surface area contributed by atoms with Crippen LogP contribution in [0.1, 0.15) is 61.0 Å². The van der Waals surface area contributed by atoms with Crippen molar-refractivity contribution in [2.75, 3.05) is 6.54 Å². The Hall–Kier alpha value is -2.37. The summed E-state index contributed by atoms with van der Waals surface area (Å²) >= 11 is 12.5. The van der Waals surface area contributed by atoms with Crippen molar-refractivity contribution < 1.29 is 9.18 Å². The number of hydrogen-bond acceptors (Lipinski definition) is 2. The van der Waals surface area contributed by atoms with Gasteiger partial charge in [0.25, 0.3) is 5.91 Å². The van der Waals surface area contributed by atoms with Crippen molar-refractivity contribution in [3.63, 3.8) is 0 Å². The van der Waals surface area contributed by atoms with Gasteiger partial charge in [0.1, 0.15) is 5.82 Å². The highest BCUT2D eigenvalue weighted by Crippen LogP contribution is 2.57. The van der Waals surface area contributed by atoms with Gasteiger partial charge < -0.3 is 5.32 Å². The largest absolute Gasteiger partial charge is 0.351 e. The number of benzene rings is 2. The monoisotopic (exact) mass is 539 g/mol. The maximum atomic E-state index is 13.8. The van der Waals surface area contributed by atoms with E-state index in [9.17, 15) is 9.18 Å². The molecule has 4 fully saturated rings. The van der Waals surface area contributed by atoms with Crippen LogP contribution in [-0.4, -0.2) is 22.2 Å². The normalized spacial score (nSPS) is 26.0. The van der Waals surface area contributed by atoms with E-state index < -0.39 is 5.82 Å². The maximum absolute atomic E-state index is 13.8. The van der Waals surface area contributed by atoms with E-state index in [2.05, 4.69) is 10.4 Å². The summed E-state index contributed by atoms with van der Waals surface area (Å²) in [5.74, 6) is 4.00. The van der Waals surface area contributed by atoms with Crippen LogP contribution in [0.2, 0.25) is 10.0 Å². The predicted octanol–water partition coefficient (Wildman–Crippen LogP) is 7.88. The van der Waals surface area contributed by atoms with E-state index in [-0.39, 0.29) is 10.9 Å². The Morgan fingerprint density at radius 1 is 1.03 bits per heavy atom. The van der Waals surface area contributed by atoms with E-state index >= 15 is 0 Å². The Labute approximate surface area is 227 Å². The van der Waals surface area contributed by atoms with Crippen molar-refractivity contribution in [2.24, 2.45) is 29.6 Å². The van der Waals surface area contributed by atoms with E-state index in [1.165, 1.54) is 50.7 Å². The number of rotatable bonds is 7. The molecule has 3 aromatic rings. The fraction of sp³-hybridized carbons (Fsp3) is 0.467. The number of nitrogens with one attached hydrogen (secondary N) is 1. The summed E-state index contributed by atoms with van der Waals surface area (Å²) in [5.41, 5.74) is 3.16. The lowest BCUT2D eigenvalue weighted by Gasteiger charge is -2.54. The molecule has 0 spiro atoms. The minimum absolute atomic E-state index is 0.199. The van der Waals surface area contributed by atoms with Gasteiger partial charge in [0.15, 0.2) is 5.69 Å². The number of hydrogen-bond donors (Lipinski definition) is 1. The van der Waals surface area contributed by atoms with Crippen LogP contribution in [0.4, 0.5) is 4.39 Å². The molecule has 194 valence electrons. The molecular weight excluding hydrogens is 508 g/mol. The highest BCUT2D eigenvalue weighted by molar-refractivity contribution is 6.32. The van der Waals surface area contributed by atoms with Gasteiger partial charge in [-0.15, -0.1) is 0 Å². The third-order valence-electron chi connectivity index (χ3n) is 9.01. The van der Waals surface area contributed by atoms with Crippen LogP contribution in [0.25, 0.3) is 16.9 Å². The summed E-state index contributed by atoms with van der Waals surface area (Å²) in [6.45, 7) is 2.52. The molecule has 4 aliphatic rings. The van der Waals surface area contributed by atoms with Gasteiger partial charge in [-0.2, -0.15) is 5.10 Å². The second-order valence-electron chi connectivity index (χ2n) is 11.3. The smallest absolute Gasteiger partial charge is 0.272 e. The third kappa shape index (κ3) is 4.81. The van der Waals surface area contributed by atoms with E-state index in [1.54, 1.807) is 22.9 Å². The quantitative estimate of drug-likeness (QED) is 0.310. The molecule has 0 aliphatic heterocycles. The minimum Gasteiger partial charge on any atom is -0.351 e. The zero-order valence-electron chi connectivity index (χ0n) is 21.0. The molecule has 1 N–H and O–H groups in total. The fourth-order valence-electron chi connectivity index (χ4n) is 7.62. The highest BCUT2D eigenvalue weighted by atomic mass is 35.5. The van der Waals surface area contributed by atoms with Crippen LogP contribution in [-0.2, 0) is 0 Å². The van der Waals surface area contributed by atoms with Gasteiger partial charge in [0, 0.05) is 22.7 Å². The molecule has 0 saturated heterocycles. The average Bonchev–Trinajstić information content (AvgIpc) is 3.20. The van der Waals surface area contributed by atoms with Crippen molar-refractivity contribution in [3.8, 4) is 16.9 Å². The van der Waals surface area contributed by atoms with Crippen molar-refractivity contribution in [1.82, 2.24) is 15.1 Å². The standard InChI is InChI=1S/C30H32Cl2FN3O/c1-17-28(30(37)34-10-2-3-25-21-12-18-11-19(14-21)15-22(25)13-18)35-36(27-9-8-24(33)16-26(27)32)29(17)20-4-6-23(31)7-5-20/h4-9,16,18-19,21-22,25H,2-3,10-15H2,1H3,(H,34,37). The summed E-state index contributed by atoms with van der Waals surface area (Å²) in [5, 5.41) is 8.61. The molecule has 0 atom stereocenters. The molecule has 0 radical (unpaired) electrons. The SMILES string of the molecule is Cc1c(C(=O)NCCCC2C3CC4CC(C3)CC2C4)nn(-c2ccc(F)cc2Cl)c1-c1ccc(Cl)cc1. The lowest BCUT2D eigenvalue weighted by Crippen LogP contribution is -2.45. The van der Waals surface area contributed by atoms with Crippen LogP contribution in [0.5, 0.6) is 0 Å². The Morgan fingerprint density at radius 3 is 2.35 bits per heavy atom. The molecule has 7 rings (SSSR count). The van der Waals surface area contributed by atoms with Crippen LogP contribution in [0.15, 0.2) is 42.5 Å². The van der Waals surface area contributed by atoms with Crippen LogP contribution in [0, 0.1) is 42.3 Å². The Balaban J connectivity index is 1.19. The minimum atomic E-state index is -0.428. The fourth-order valence-corrected chi connectivity index (χ4v) is 7.99. The van der Waals surface area contributed by atoms with E-state index in [4.69, 9.17) is 23.2 Å². The van der Waals surface area contributed by atoms with Crippen molar-refractivity contribution >= 4 is 29.1 Å². The highest BCUT2D eigenvalue weighted by Gasteiger charge is 2.47. The molecule has 4 nitrogen and oxygen atoms in total. The van der Waals surface area contributed by atoms with Crippen molar-refractivity contribution in [2.45, 2.75) is 51.9 Å². The number of halogens is 3. The first kappa shape index (κ1) is 24.9. The van der Waals surface area contributed by atoms with E-state index in [1.807, 2.05) is 19.1 Å². The maximum Gasteiger partial charge on any atom is 0.272 e. The number of amides is 1. The second kappa shape index (κ2) is 10.1. The Morgan fingerprint density at radius 2 is 1.70 bits per heavy atom. The molecule has 2 aromatic carbocycles. The van der Waals surface area contributed by atoms with E-state index in [0.717, 1.165) is 52.8 Å². The first-order valence-corrected chi connectivity index (χ1v) is 14.2. The van der Waals surface area contributed by atoms with Gasteiger partial charge in [-0.1, -0.05) is 35.3 Å². The summed E-state index contributed by atoms with van der Waals surface area (Å²) in [6, 6.07) is 11.5. The summed E-state index contributed by atoms with van der Waals surface area (Å²) in [6.07, 6.45) is 9.39. The molecule has 1 heterocycles. The average molecular weight is 541 g/mol. The Bertz CT molecular complexity index is 1290. The second-order valence-corrected chi connectivity index (χ2v) is 12.2. The van der Waals surface area contributed by atoms with Gasteiger partial charge >= 0.3 is 0 Å². The van der Waals surface area contributed by atoms with Crippen LogP contribution in [0.3, 0.4) is 0 Å². The van der Waals surface area contributed by atoms with Crippen molar-refractivity contribution in [3.05, 3.63) is 69.6 Å². The van der Waals surface area contributed by atoms with Crippen molar-refractivity contribution in [1.29, 1.82) is 0 Å². The lowest BCUT2D eigenvalue weighted by atomic mass is 9.51. The van der Waals surface area contributed by atoms with Gasteiger partial charge in [0.2, 0.25) is 0 Å². The molecular formula is C30H32Cl2FN3O. The molecule has 1 amide bonds. The molecule has 4 aliphatic carbocycles. The summed E-state index contributed by atoms with van der Waals surface area (Å²) in [7, 11) is 0.